The van der Waals surface area contributed by atoms with E-state index in [1.54, 1.807) is 0 Å². The van der Waals surface area contributed by atoms with Gasteiger partial charge >= 0.3 is 0 Å². The average Bonchev–Trinajstić information content (AvgIpc) is 3.71. The molecule has 4 aliphatic carbocycles. The zero-order valence-corrected chi connectivity index (χ0v) is 37.5. The summed E-state index contributed by atoms with van der Waals surface area (Å²) < 4.78 is 42.0. The second-order valence-corrected chi connectivity index (χ2v) is 21.5. The smallest absolute Gasteiger partial charge is 0.187 e. The van der Waals surface area contributed by atoms with Crippen molar-refractivity contribution in [3.05, 3.63) is 0 Å². The summed E-state index contributed by atoms with van der Waals surface area (Å²) in [6.07, 6.45) is -13.7. The minimum atomic E-state index is -1.75. The molecule has 64 heavy (non-hydrogen) atoms. The Balaban J connectivity index is 0.869. The van der Waals surface area contributed by atoms with Gasteiger partial charge in [0, 0.05) is 12.3 Å². The van der Waals surface area contributed by atoms with Crippen molar-refractivity contribution in [3.63, 3.8) is 0 Å². The summed E-state index contributed by atoms with van der Waals surface area (Å²) in [4.78, 5) is 0. The molecule has 4 saturated heterocycles. The molecule has 0 spiro atoms. The van der Waals surface area contributed by atoms with Gasteiger partial charge in [-0.15, -0.1) is 0 Å². The van der Waals surface area contributed by atoms with Crippen LogP contribution >= 0.6 is 0 Å². The average molecular weight is 921 g/mol. The van der Waals surface area contributed by atoms with E-state index in [0.29, 0.717) is 42.9 Å². The highest BCUT2D eigenvalue weighted by molar-refractivity contribution is 5.15. The highest BCUT2D eigenvalue weighted by atomic mass is 16.8. The Bertz CT molecular complexity index is 1560. The van der Waals surface area contributed by atoms with Gasteiger partial charge in [0.05, 0.1) is 38.6 Å². The van der Waals surface area contributed by atoms with Crippen LogP contribution in [0.2, 0.25) is 0 Å². The Hall–Kier alpha value is -0.760. The number of hydrogen-bond donors (Lipinski definition) is 12. The monoisotopic (exact) mass is 920 g/mol. The van der Waals surface area contributed by atoms with Crippen LogP contribution < -0.4 is 0 Å². The van der Waals surface area contributed by atoms with Crippen molar-refractivity contribution in [2.24, 2.45) is 52.3 Å². The number of hydrogen-bond acceptors (Lipinski definition) is 19. The van der Waals surface area contributed by atoms with Crippen molar-refractivity contribution in [2.45, 2.75) is 202 Å². The minimum absolute atomic E-state index is 0.00000712. The van der Waals surface area contributed by atoms with Crippen molar-refractivity contribution in [1.82, 2.24) is 0 Å². The van der Waals surface area contributed by atoms with Gasteiger partial charge in [0.25, 0.3) is 0 Å². The predicted octanol–water partition coefficient (Wildman–Crippen LogP) is -1.78. The quantitative estimate of drug-likeness (QED) is 0.0909. The summed E-state index contributed by atoms with van der Waals surface area (Å²) in [5.41, 5.74) is 0.0475. The van der Waals surface area contributed by atoms with Crippen LogP contribution in [-0.4, -0.2) is 198 Å². The molecule has 4 saturated carbocycles. The minimum Gasteiger partial charge on any atom is -0.394 e. The third-order valence-electron chi connectivity index (χ3n) is 18.0. The lowest BCUT2D eigenvalue weighted by atomic mass is 9.44. The van der Waals surface area contributed by atoms with Crippen molar-refractivity contribution in [2.75, 3.05) is 26.4 Å². The second-order valence-electron chi connectivity index (χ2n) is 21.5. The molecule has 0 aromatic rings. The Morgan fingerprint density at radius 1 is 0.625 bits per heavy atom. The van der Waals surface area contributed by atoms with Crippen molar-refractivity contribution in [1.29, 1.82) is 0 Å². The predicted molar refractivity (Wildman–Crippen MR) is 219 cm³/mol. The summed E-state index contributed by atoms with van der Waals surface area (Å²) in [6, 6.07) is 0. The third kappa shape index (κ3) is 8.65. The number of rotatable bonds is 13. The topological polar surface area (TPSA) is 307 Å². The molecule has 8 rings (SSSR count). The summed E-state index contributed by atoms with van der Waals surface area (Å²) in [5.74, 6) is 0.532. The normalized spacial score (nSPS) is 55.6. The van der Waals surface area contributed by atoms with Crippen molar-refractivity contribution < 1.29 is 94.4 Å². The molecule has 8 fully saturated rings. The summed E-state index contributed by atoms with van der Waals surface area (Å²) >= 11 is 0. The van der Waals surface area contributed by atoms with E-state index in [4.69, 9.17) is 33.2 Å². The van der Waals surface area contributed by atoms with Gasteiger partial charge in [-0.1, -0.05) is 27.7 Å². The Morgan fingerprint density at radius 2 is 1.20 bits per heavy atom. The molecular weight excluding hydrogens is 844 g/mol. The molecule has 0 bridgehead atoms. The van der Waals surface area contributed by atoms with Gasteiger partial charge in [-0.25, -0.2) is 0 Å². The van der Waals surface area contributed by atoms with E-state index in [2.05, 4.69) is 20.8 Å². The summed E-state index contributed by atoms with van der Waals surface area (Å²) in [5, 5.41) is 125. The fourth-order valence-electron chi connectivity index (χ4n) is 14.2. The molecule has 370 valence electrons. The Kier molecular flexibility index (Phi) is 14.9. The van der Waals surface area contributed by atoms with Crippen LogP contribution in [-0.2, 0) is 33.2 Å². The van der Waals surface area contributed by atoms with Gasteiger partial charge in [-0.2, -0.15) is 0 Å². The lowest BCUT2D eigenvalue weighted by Crippen LogP contribution is -2.65. The molecule has 4 heterocycles. The largest absolute Gasteiger partial charge is 0.394 e. The molecule has 8 aliphatic rings. The van der Waals surface area contributed by atoms with E-state index < -0.39 is 118 Å². The van der Waals surface area contributed by atoms with E-state index in [9.17, 15) is 61.3 Å². The maximum absolute atomic E-state index is 12.1. The number of aliphatic hydroxyl groups is 12. The molecule has 0 aromatic heterocycles. The van der Waals surface area contributed by atoms with Crippen LogP contribution in [0.3, 0.4) is 0 Å². The van der Waals surface area contributed by atoms with Crippen LogP contribution in [0, 0.1) is 52.3 Å². The zero-order valence-electron chi connectivity index (χ0n) is 37.5. The van der Waals surface area contributed by atoms with E-state index in [0.717, 1.165) is 44.9 Å². The standard InChI is InChI=1S/C45H76O19/c1-19(18-58-40-37(55)34(52)31(49)27(15-46)60-40)7-12-45(57)20(2)30-26(64-45)14-25-23-6-5-21-13-22(8-10-43(21,3)24(23)9-11-44(25,30)4)59-42-39(36(54)33(51)29(17-48)62-42)63-41-38(56)35(53)32(50)28(16-47)61-41/h19-42,46-57H,5-18H2,1-4H3/t19-,20-,21+,22-,23+,24-,25-,26-,27+,28+,29+,30-,31+,32+,33+,34-,35-,36-,37+,38+,39+,40+,41-,42+,43-,44-,45?/m1/s1. The van der Waals surface area contributed by atoms with Crippen LogP contribution in [0.5, 0.6) is 0 Å². The van der Waals surface area contributed by atoms with Gasteiger partial charge in [-0.3, -0.25) is 0 Å². The molecule has 27 atom stereocenters. The van der Waals surface area contributed by atoms with Crippen molar-refractivity contribution in [3.8, 4) is 0 Å². The molecule has 0 radical (unpaired) electrons. The fourth-order valence-corrected chi connectivity index (χ4v) is 14.2. The van der Waals surface area contributed by atoms with E-state index in [1.807, 2.05) is 6.92 Å². The summed E-state index contributed by atoms with van der Waals surface area (Å²) in [7, 11) is 0. The Labute approximate surface area is 374 Å². The maximum Gasteiger partial charge on any atom is 0.187 e. The first-order chi connectivity index (χ1) is 30.3. The first-order valence-corrected chi connectivity index (χ1v) is 23.9. The maximum atomic E-state index is 12.1. The summed E-state index contributed by atoms with van der Waals surface area (Å²) in [6.45, 7) is 7.28. The fraction of sp³-hybridized carbons (Fsp3) is 1.00. The first-order valence-electron chi connectivity index (χ1n) is 23.9. The van der Waals surface area contributed by atoms with Gasteiger partial charge in [0.2, 0.25) is 0 Å². The van der Waals surface area contributed by atoms with Crippen LogP contribution in [0.15, 0.2) is 0 Å². The number of fused-ring (bicyclic) bond motifs is 7. The lowest BCUT2D eigenvalue weighted by molar-refractivity contribution is -0.373. The van der Waals surface area contributed by atoms with Crippen LogP contribution in [0.1, 0.15) is 91.9 Å². The molecule has 0 aromatic carbocycles. The molecule has 4 aliphatic heterocycles. The molecule has 19 heteroatoms. The highest BCUT2D eigenvalue weighted by Crippen LogP contribution is 2.71. The second kappa shape index (κ2) is 19.2. The van der Waals surface area contributed by atoms with Gasteiger partial charge in [-0.05, 0) is 104 Å². The molecule has 0 amide bonds. The lowest BCUT2D eigenvalue weighted by Gasteiger charge is -2.61. The molecule has 12 N–H and O–H groups in total. The Morgan fingerprint density at radius 3 is 1.84 bits per heavy atom. The van der Waals surface area contributed by atoms with Gasteiger partial charge < -0.3 is 94.4 Å². The molecule has 19 nitrogen and oxygen atoms in total. The van der Waals surface area contributed by atoms with E-state index in [1.165, 1.54) is 0 Å². The highest BCUT2D eigenvalue weighted by Gasteiger charge is 2.68. The molecule has 1 unspecified atom stereocenters. The zero-order chi connectivity index (χ0) is 46.2. The van der Waals surface area contributed by atoms with Crippen LogP contribution in [0.25, 0.3) is 0 Å². The molecular formula is C45H76O19. The first kappa shape index (κ1) is 49.7. The van der Waals surface area contributed by atoms with Gasteiger partial charge in [0.15, 0.2) is 24.7 Å². The SMILES string of the molecule is C[C@H](CCC1(O)O[C@@H]2C[C@@H]3[C@H]4CC[C@H]5C[C@H](O[C@H]6O[C@@H](CO)[C@H](O)[C@@H](O)[C@@H]6O[C@H]6O[C@@H](CO)[C@H](O)[C@@H](O)[C@@H]6O)CC[C@@]5(C)[C@@H]4CC[C@@]3(C)[C@@H]2[C@H]1C)CO[C@H]1O[C@@H](CO)[C@H](O)[C@@H](O)[C@@H]1O. The van der Waals surface area contributed by atoms with Crippen molar-refractivity contribution >= 4 is 0 Å². The van der Waals surface area contributed by atoms with E-state index in [-0.39, 0.29) is 47.4 Å². The third-order valence-corrected chi connectivity index (χ3v) is 18.0. The van der Waals surface area contributed by atoms with Crippen LogP contribution in [0.4, 0.5) is 0 Å². The number of aliphatic hydroxyl groups excluding tert-OH is 11. The van der Waals surface area contributed by atoms with E-state index >= 15 is 0 Å². The van der Waals surface area contributed by atoms with Gasteiger partial charge in [0.1, 0.15) is 73.2 Å². The number of ether oxygens (including phenoxy) is 7.